The number of thiocarbonyl (C=S) groups is 1. The largest absolute Gasteiger partial charge is 0.392 e. The molecule has 0 aromatic rings. The molecule has 3 nitrogen and oxygen atoms in total. The molecule has 1 aliphatic carbocycles. The Morgan fingerprint density at radius 2 is 1.84 bits per heavy atom. The number of nitrogens with zero attached hydrogens (tertiary/aromatic N) is 1. The summed E-state index contributed by atoms with van der Waals surface area (Å²) in [6, 6.07) is 0. The first-order chi connectivity index (χ1) is 8.75. The number of amides is 1. The van der Waals surface area contributed by atoms with Gasteiger partial charge < -0.3 is 10.6 Å². The van der Waals surface area contributed by atoms with Crippen molar-refractivity contribution in [2.24, 2.45) is 17.6 Å². The molecule has 0 saturated heterocycles. The van der Waals surface area contributed by atoms with Crippen molar-refractivity contribution in [2.75, 3.05) is 13.1 Å². The van der Waals surface area contributed by atoms with Crippen molar-refractivity contribution in [1.82, 2.24) is 4.90 Å². The van der Waals surface area contributed by atoms with Gasteiger partial charge in [-0.3, -0.25) is 4.79 Å². The molecular weight excluding hydrogens is 277 g/mol. The first kappa shape index (κ1) is 16.2. The van der Waals surface area contributed by atoms with Gasteiger partial charge in [-0.1, -0.05) is 12.2 Å². The van der Waals surface area contributed by atoms with Crippen LogP contribution < -0.4 is 5.73 Å². The molecule has 0 radical (unpaired) electrons. The fraction of sp³-hybridized carbons (Fsp3) is 0.833. The van der Waals surface area contributed by atoms with Gasteiger partial charge in [0.1, 0.15) is 0 Å². The molecule has 0 bridgehead atoms. The topological polar surface area (TPSA) is 46.3 Å². The normalized spacial score (nSPS) is 24.0. The first-order valence-electron chi connectivity index (χ1n) is 6.39. The SMILES string of the molecule is CCN(CC(N)=S)C(=O)C1CCC(C(F)(F)F)CC1. The second kappa shape index (κ2) is 6.54. The van der Waals surface area contributed by atoms with Crippen LogP contribution in [0.5, 0.6) is 0 Å². The van der Waals surface area contributed by atoms with E-state index in [0.29, 0.717) is 6.54 Å². The number of halogens is 3. The van der Waals surface area contributed by atoms with Gasteiger partial charge in [-0.2, -0.15) is 13.2 Å². The maximum Gasteiger partial charge on any atom is 0.391 e. The highest BCUT2D eigenvalue weighted by atomic mass is 32.1. The van der Waals surface area contributed by atoms with Crippen molar-refractivity contribution in [3.63, 3.8) is 0 Å². The molecule has 0 unspecified atom stereocenters. The summed E-state index contributed by atoms with van der Waals surface area (Å²) >= 11 is 4.76. The molecule has 0 atom stereocenters. The molecule has 0 spiro atoms. The summed E-state index contributed by atoms with van der Waals surface area (Å²) in [5, 5.41) is 0. The Kier molecular flexibility index (Phi) is 5.58. The van der Waals surface area contributed by atoms with Crippen LogP contribution in [0.25, 0.3) is 0 Å². The minimum Gasteiger partial charge on any atom is -0.392 e. The fourth-order valence-electron chi connectivity index (χ4n) is 2.46. The molecule has 1 fully saturated rings. The number of carbonyl (C=O) groups excluding carboxylic acids is 1. The zero-order valence-corrected chi connectivity index (χ0v) is 11.7. The molecule has 1 saturated carbocycles. The van der Waals surface area contributed by atoms with Crippen LogP contribution in [0.3, 0.4) is 0 Å². The lowest BCUT2D eigenvalue weighted by Crippen LogP contribution is -2.42. The molecule has 7 heteroatoms. The zero-order valence-electron chi connectivity index (χ0n) is 10.9. The third-order valence-corrected chi connectivity index (χ3v) is 3.71. The molecule has 0 aromatic heterocycles. The summed E-state index contributed by atoms with van der Waals surface area (Å²) in [7, 11) is 0. The van der Waals surface area contributed by atoms with Crippen LogP contribution in [0.4, 0.5) is 13.2 Å². The lowest BCUT2D eigenvalue weighted by Gasteiger charge is -2.32. The van der Waals surface area contributed by atoms with Gasteiger partial charge in [0.15, 0.2) is 0 Å². The van der Waals surface area contributed by atoms with Gasteiger partial charge in [0.05, 0.1) is 17.5 Å². The number of hydrogen-bond acceptors (Lipinski definition) is 2. The maximum absolute atomic E-state index is 12.5. The van der Waals surface area contributed by atoms with E-state index in [1.54, 1.807) is 6.92 Å². The van der Waals surface area contributed by atoms with Gasteiger partial charge in [-0.25, -0.2) is 0 Å². The van der Waals surface area contributed by atoms with Crippen molar-refractivity contribution in [3.05, 3.63) is 0 Å². The zero-order chi connectivity index (χ0) is 14.6. The van der Waals surface area contributed by atoms with E-state index in [0.717, 1.165) is 0 Å². The molecule has 1 rings (SSSR count). The van der Waals surface area contributed by atoms with Gasteiger partial charge in [0.2, 0.25) is 5.91 Å². The van der Waals surface area contributed by atoms with Gasteiger partial charge in [0.25, 0.3) is 0 Å². The van der Waals surface area contributed by atoms with Crippen molar-refractivity contribution in [2.45, 2.75) is 38.8 Å². The Hall–Kier alpha value is -0.850. The van der Waals surface area contributed by atoms with Crippen molar-refractivity contribution >= 4 is 23.1 Å². The summed E-state index contributed by atoms with van der Waals surface area (Å²) in [6.07, 6.45) is -3.50. The Morgan fingerprint density at radius 1 is 1.32 bits per heavy atom. The minimum absolute atomic E-state index is 0.0323. The van der Waals surface area contributed by atoms with Crippen molar-refractivity contribution in [3.8, 4) is 0 Å². The highest BCUT2D eigenvalue weighted by Crippen LogP contribution is 2.39. The lowest BCUT2D eigenvalue weighted by atomic mass is 9.81. The highest BCUT2D eigenvalue weighted by Gasteiger charge is 2.42. The summed E-state index contributed by atoms with van der Waals surface area (Å²) in [4.78, 5) is 13.9. The Balaban J connectivity index is 2.54. The summed E-state index contributed by atoms with van der Waals surface area (Å²) in [5.41, 5.74) is 5.40. The second-order valence-corrected chi connectivity index (χ2v) is 5.43. The lowest BCUT2D eigenvalue weighted by molar-refractivity contribution is -0.185. The molecule has 1 amide bonds. The van der Waals surface area contributed by atoms with E-state index in [1.807, 2.05) is 0 Å². The van der Waals surface area contributed by atoms with Gasteiger partial charge in [-0.05, 0) is 32.6 Å². The van der Waals surface area contributed by atoms with Crippen LogP contribution in [0, 0.1) is 11.8 Å². The van der Waals surface area contributed by atoms with Gasteiger partial charge >= 0.3 is 6.18 Å². The molecule has 0 aliphatic heterocycles. The maximum atomic E-state index is 12.5. The molecule has 0 heterocycles. The predicted octanol–water partition coefficient (Wildman–Crippen LogP) is 2.49. The van der Waals surface area contributed by atoms with Crippen LogP contribution in [0.15, 0.2) is 0 Å². The average molecular weight is 296 g/mol. The number of hydrogen-bond donors (Lipinski definition) is 1. The van der Waals surface area contributed by atoms with Crippen molar-refractivity contribution < 1.29 is 18.0 Å². The molecule has 2 N–H and O–H groups in total. The van der Waals surface area contributed by atoms with Crippen molar-refractivity contribution in [1.29, 1.82) is 0 Å². The molecule has 0 aromatic carbocycles. The van der Waals surface area contributed by atoms with E-state index in [1.165, 1.54) is 4.90 Å². The van der Waals surface area contributed by atoms with E-state index >= 15 is 0 Å². The van der Waals surface area contributed by atoms with E-state index in [9.17, 15) is 18.0 Å². The first-order valence-corrected chi connectivity index (χ1v) is 6.80. The predicted molar refractivity (Wildman–Crippen MR) is 70.5 cm³/mol. The van der Waals surface area contributed by atoms with E-state index in [2.05, 4.69) is 0 Å². The van der Waals surface area contributed by atoms with Crippen LogP contribution in [-0.2, 0) is 4.79 Å². The summed E-state index contributed by atoms with van der Waals surface area (Å²) < 4.78 is 37.6. The molecule has 110 valence electrons. The summed E-state index contributed by atoms with van der Waals surface area (Å²) in [6.45, 7) is 2.47. The molecule has 19 heavy (non-hydrogen) atoms. The Labute approximate surface area is 116 Å². The quantitative estimate of drug-likeness (QED) is 0.811. The van der Waals surface area contributed by atoms with Gasteiger partial charge in [-0.15, -0.1) is 0 Å². The van der Waals surface area contributed by atoms with Crippen LogP contribution >= 0.6 is 12.2 Å². The average Bonchev–Trinajstić information content (AvgIpc) is 2.34. The monoisotopic (exact) mass is 296 g/mol. The Morgan fingerprint density at radius 3 is 2.21 bits per heavy atom. The third kappa shape index (κ3) is 4.63. The van der Waals surface area contributed by atoms with E-state index in [4.69, 9.17) is 18.0 Å². The van der Waals surface area contributed by atoms with E-state index in [-0.39, 0.29) is 49.0 Å². The highest BCUT2D eigenvalue weighted by molar-refractivity contribution is 7.80. The fourth-order valence-corrected chi connectivity index (χ4v) is 2.62. The number of rotatable bonds is 4. The Bertz CT molecular complexity index is 338. The summed E-state index contributed by atoms with van der Waals surface area (Å²) in [5.74, 6) is -1.72. The van der Waals surface area contributed by atoms with Crippen LogP contribution in [0.2, 0.25) is 0 Å². The number of alkyl halides is 3. The smallest absolute Gasteiger partial charge is 0.391 e. The van der Waals surface area contributed by atoms with Crippen LogP contribution in [-0.4, -0.2) is 35.1 Å². The second-order valence-electron chi connectivity index (χ2n) is 4.91. The number of likely N-dealkylation sites (N-methyl/N-ethyl adjacent to an activating group) is 1. The molecule has 1 aliphatic rings. The molecular formula is C12H19F3N2OS. The van der Waals surface area contributed by atoms with Crippen LogP contribution in [0.1, 0.15) is 32.6 Å². The standard InChI is InChI=1S/C12H19F3N2OS/c1-2-17(7-10(16)19)11(18)8-3-5-9(6-4-8)12(13,14)15/h8-9H,2-7H2,1H3,(H2,16,19). The third-order valence-electron chi connectivity index (χ3n) is 3.58. The van der Waals surface area contributed by atoms with Gasteiger partial charge in [0, 0.05) is 12.5 Å². The minimum atomic E-state index is -4.14. The number of carbonyl (C=O) groups is 1. The number of nitrogens with two attached hydrogens (primary N) is 1. The van der Waals surface area contributed by atoms with E-state index < -0.39 is 12.1 Å².